The van der Waals surface area contributed by atoms with Crippen LogP contribution in [-0.2, 0) is 0 Å². The Labute approximate surface area is 102 Å². The molecule has 0 aromatic rings. The maximum Gasteiger partial charge on any atom is 0.460 e. The van der Waals surface area contributed by atoms with Crippen LogP contribution in [0.4, 0.5) is 39.5 Å². The SMILES string of the molecule is CCC(C)(O)CC(F)(F)C(F)(F)C(F)(F)C(F)(F)F. The summed E-state index contributed by atoms with van der Waals surface area (Å²) in [5.41, 5.74) is -2.51. The van der Waals surface area contributed by atoms with Crippen molar-refractivity contribution in [1.29, 1.82) is 0 Å². The summed E-state index contributed by atoms with van der Waals surface area (Å²) in [5.74, 6) is -19.3. The van der Waals surface area contributed by atoms with Crippen LogP contribution >= 0.6 is 0 Å². The highest BCUT2D eigenvalue weighted by molar-refractivity contribution is 5.02. The lowest BCUT2D eigenvalue weighted by molar-refractivity contribution is -0.399. The molecule has 0 aromatic heterocycles. The van der Waals surface area contributed by atoms with Gasteiger partial charge in [0.05, 0.1) is 5.60 Å². The number of rotatable bonds is 5. The van der Waals surface area contributed by atoms with Gasteiger partial charge in [-0.2, -0.15) is 39.5 Å². The largest absolute Gasteiger partial charge is 0.460 e. The molecule has 1 N–H and O–H groups in total. The second kappa shape index (κ2) is 4.71. The second-order valence-electron chi connectivity index (χ2n) is 4.38. The molecule has 0 aliphatic rings. The highest BCUT2D eigenvalue weighted by Gasteiger charge is 2.81. The van der Waals surface area contributed by atoms with Gasteiger partial charge >= 0.3 is 23.9 Å². The van der Waals surface area contributed by atoms with Gasteiger partial charge in [0.1, 0.15) is 0 Å². The Bertz CT molecular complexity index is 318. The molecular formula is C9H11F9O. The second-order valence-corrected chi connectivity index (χ2v) is 4.38. The number of alkyl halides is 9. The smallest absolute Gasteiger partial charge is 0.390 e. The Hall–Kier alpha value is -0.670. The van der Waals surface area contributed by atoms with Crippen LogP contribution in [0.3, 0.4) is 0 Å². The summed E-state index contributed by atoms with van der Waals surface area (Å²) in [6, 6.07) is 0. The van der Waals surface area contributed by atoms with Crippen molar-refractivity contribution in [2.45, 2.75) is 56.2 Å². The molecule has 0 radical (unpaired) electrons. The van der Waals surface area contributed by atoms with Crippen LogP contribution in [0.1, 0.15) is 26.7 Å². The normalized spacial score (nSPS) is 18.3. The van der Waals surface area contributed by atoms with Gasteiger partial charge in [-0.3, -0.25) is 0 Å². The summed E-state index contributed by atoms with van der Waals surface area (Å²) in [4.78, 5) is 0. The molecule has 0 bridgehead atoms. The van der Waals surface area contributed by atoms with E-state index in [0.717, 1.165) is 6.92 Å². The summed E-state index contributed by atoms with van der Waals surface area (Å²) in [7, 11) is 0. The van der Waals surface area contributed by atoms with Gasteiger partial charge in [-0.15, -0.1) is 0 Å². The van der Waals surface area contributed by atoms with Crippen LogP contribution in [0, 0.1) is 0 Å². The quantitative estimate of drug-likeness (QED) is 0.761. The summed E-state index contributed by atoms with van der Waals surface area (Å²) in [6.07, 6.45) is -9.59. The first-order valence-corrected chi connectivity index (χ1v) is 4.94. The van der Waals surface area contributed by atoms with Crippen molar-refractivity contribution in [2.24, 2.45) is 0 Å². The third-order valence-corrected chi connectivity index (χ3v) is 2.57. The van der Waals surface area contributed by atoms with Gasteiger partial charge in [-0.25, -0.2) is 0 Å². The van der Waals surface area contributed by atoms with E-state index in [4.69, 9.17) is 5.11 Å². The lowest BCUT2D eigenvalue weighted by Crippen LogP contribution is -2.62. The van der Waals surface area contributed by atoms with E-state index in [1.807, 2.05) is 0 Å². The van der Waals surface area contributed by atoms with Crippen molar-refractivity contribution in [2.75, 3.05) is 0 Å². The van der Waals surface area contributed by atoms with Crippen molar-refractivity contribution < 1.29 is 44.6 Å². The van der Waals surface area contributed by atoms with Crippen LogP contribution in [0.25, 0.3) is 0 Å². The van der Waals surface area contributed by atoms with E-state index < -0.39 is 42.4 Å². The highest BCUT2D eigenvalue weighted by atomic mass is 19.4. The average Bonchev–Trinajstić information content (AvgIpc) is 2.13. The molecule has 0 saturated carbocycles. The fraction of sp³-hybridized carbons (Fsp3) is 1.00. The predicted molar refractivity (Wildman–Crippen MR) is 46.4 cm³/mol. The van der Waals surface area contributed by atoms with Crippen LogP contribution in [0.5, 0.6) is 0 Å². The van der Waals surface area contributed by atoms with E-state index in [1.165, 1.54) is 0 Å². The fourth-order valence-corrected chi connectivity index (χ4v) is 1.12. The zero-order valence-corrected chi connectivity index (χ0v) is 9.76. The summed E-state index contributed by atoms with van der Waals surface area (Å²) >= 11 is 0. The van der Waals surface area contributed by atoms with Gasteiger partial charge in [0, 0.05) is 6.42 Å². The lowest BCUT2D eigenvalue weighted by Gasteiger charge is -2.36. The molecular weight excluding hydrogens is 295 g/mol. The molecule has 19 heavy (non-hydrogen) atoms. The molecule has 0 amide bonds. The minimum absolute atomic E-state index is 0.531. The third-order valence-electron chi connectivity index (χ3n) is 2.57. The maximum atomic E-state index is 13.0. The van der Waals surface area contributed by atoms with Crippen LogP contribution < -0.4 is 0 Å². The molecule has 10 heteroatoms. The molecule has 0 aliphatic carbocycles. The average molecular weight is 306 g/mol. The molecule has 0 aliphatic heterocycles. The van der Waals surface area contributed by atoms with E-state index in [0.29, 0.717) is 6.92 Å². The van der Waals surface area contributed by atoms with Gasteiger partial charge in [-0.1, -0.05) is 6.92 Å². The molecule has 1 nitrogen and oxygen atoms in total. The van der Waals surface area contributed by atoms with Gasteiger partial charge in [0.25, 0.3) is 0 Å². The maximum absolute atomic E-state index is 13.0. The monoisotopic (exact) mass is 306 g/mol. The Morgan fingerprint density at radius 2 is 1.16 bits per heavy atom. The number of hydrogen-bond donors (Lipinski definition) is 1. The highest BCUT2D eigenvalue weighted by Crippen LogP contribution is 2.55. The zero-order valence-electron chi connectivity index (χ0n) is 9.76. The van der Waals surface area contributed by atoms with E-state index in [2.05, 4.69) is 0 Å². The van der Waals surface area contributed by atoms with Crippen LogP contribution in [0.15, 0.2) is 0 Å². The predicted octanol–water partition coefficient (Wildman–Crippen LogP) is 4.01. The van der Waals surface area contributed by atoms with E-state index in [9.17, 15) is 39.5 Å². The van der Waals surface area contributed by atoms with E-state index >= 15 is 0 Å². The van der Waals surface area contributed by atoms with Gasteiger partial charge in [0.2, 0.25) is 0 Å². The molecule has 0 heterocycles. The van der Waals surface area contributed by atoms with Crippen molar-refractivity contribution >= 4 is 0 Å². The topological polar surface area (TPSA) is 20.2 Å². The molecule has 116 valence electrons. The zero-order chi connectivity index (χ0) is 15.9. The number of hydrogen-bond acceptors (Lipinski definition) is 1. The van der Waals surface area contributed by atoms with Gasteiger partial charge in [-0.05, 0) is 13.3 Å². The first kappa shape index (κ1) is 18.3. The molecule has 1 unspecified atom stereocenters. The van der Waals surface area contributed by atoms with Crippen molar-refractivity contribution in [3.63, 3.8) is 0 Å². The van der Waals surface area contributed by atoms with Crippen molar-refractivity contribution in [1.82, 2.24) is 0 Å². The summed E-state index contributed by atoms with van der Waals surface area (Å²) < 4.78 is 112. The summed E-state index contributed by atoms with van der Waals surface area (Å²) in [5, 5.41) is 9.15. The molecule has 0 rings (SSSR count). The van der Waals surface area contributed by atoms with Crippen LogP contribution in [-0.4, -0.2) is 34.7 Å². The van der Waals surface area contributed by atoms with Crippen LogP contribution in [0.2, 0.25) is 0 Å². The molecule has 1 atom stereocenters. The Kier molecular flexibility index (Phi) is 4.54. The minimum Gasteiger partial charge on any atom is -0.390 e. The molecule has 0 spiro atoms. The lowest BCUT2D eigenvalue weighted by atomic mass is 9.89. The van der Waals surface area contributed by atoms with E-state index in [-0.39, 0.29) is 0 Å². The molecule has 0 aromatic carbocycles. The molecule has 0 saturated heterocycles. The Morgan fingerprint density at radius 3 is 1.42 bits per heavy atom. The first-order chi connectivity index (χ1) is 8.02. The summed E-state index contributed by atoms with van der Waals surface area (Å²) in [6.45, 7) is 1.71. The number of aliphatic hydroxyl groups is 1. The van der Waals surface area contributed by atoms with Crippen molar-refractivity contribution in [3.05, 3.63) is 0 Å². The number of halogens is 9. The van der Waals surface area contributed by atoms with Gasteiger partial charge < -0.3 is 5.11 Å². The third kappa shape index (κ3) is 3.26. The Balaban J connectivity index is 5.52. The standard InChI is InChI=1S/C9H11F9O/c1-3-5(2,19)4-6(10,11)7(12,13)8(14,15)9(16,17)18/h19H,3-4H2,1-2H3. The van der Waals surface area contributed by atoms with E-state index in [1.54, 1.807) is 0 Å². The Morgan fingerprint density at radius 1 is 0.789 bits per heavy atom. The minimum atomic E-state index is -6.91. The molecule has 0 fully saturated rings. The fourth-order valence-electron chi connectivity index (χ4n) is 1.12. The first-order valence-electron chi connectivity index (χ1n) is 4.94. The van der Waals surface area contributed by atoms with Gasteiger partial charge in [0.15, 0.2) is 0 Å². The van der Waals surface area contributed by atoms with Crippen molar-refractivity contribution in [3.8, 4) is 0 Å².